The van der Waals surface area contributed by atoms with E-state index in [0.717, 1.165) is 12.8 Å². The van der Waals surface area contributed by atoms with Crippen molar-refractivity contribution >= 4 is 0 Å². The molecular weight excluding hydrogens is 255 g/mol. The zero-order chi connectivity index (χ0) is 14.3. The molecule has 0 bridgehead atoms. The van der Waals surface area contributed by atoms with Crippen LogP contribution in [0.5, 0.6) is 0 Å². The minimum Gasteiger partial charge on any atom is -0.380 e. The summed E-state index contributed by atoms with van der Waals surface area (Å²) in [5, 5.41) is 3.02. The van der Waals surface area contributed by atoms with Crippen molar-refractivity contribution in [2.75, 3.05) is 19.8 Å². The molecule has 0 saturated heterocycles. The second-order valence-corrected chi connectivity index (χ2v) is 5.79. The minimum atomic E-state index is -4.07. The lowest BCUT2D eigenvalue weighted by Crippen LogP contribution is -2.46. The topological polar surface area (TPSA) is 21.3 Å². The molecule has 2 nitrogen and oxygen atoms in total. The highest BCUT2D eigenvalue weighted by Crippen LogP contribution is 2.37. The fourth-order valence-corrected chi connectivity index (χ4v) is 2.50. The van der Waals surface area contributed by atoms with Gasteiger partial charge in [-0.3, -0.25) is 0 Å². The van der Waals surface area contributed by atoms with Crippen molar-refractivity contribution in [2.45, 2.75) is 58.2 Å². The summed E-state index contributed by atoms with van der Waals surface area (Å²) in [5.41, 5.74) is 0. The van der Waals surface area contributed by atoms with Gasteiger partial charge in [0.2, 0.25) is 0 Å². The quantitative estimate of drug-likeness (QED) is 0.717. The highest BCUT2D eigenvalue weighted by Gasteiger charge is 2.45. The van der Waals surface area contributed by atoms with Crippen molar-refractivity contribution < 1.29 is 17.9 Å². The molecule has 1 aliphatic carbocycles. The highest BCUT2D eigenvalue weighted by molar-refractivity contribution is 4.85. The molecule has 0 aromatic carbocycles. The molecule has 0 amide bonds. The molecule has 0 heterocycles. The third-order valence-electron chi connectivity index (χ3n) is 3.68. The van der Waals surface area contributed by atoms with Crippen LogP contribution in [0, 0.1) is 11.8 Å². The lowest BCUT2D eigenvalue weighted by Gasteiger charge is -2.33. The Hall–Kier alpha value is -0.290. The summed E-state index contributed by atoms with van der Waals surface area (Å²) in [6.07, 6.45) is -0.623. The molecule has 0 spiro atoms. The average molecular weight is 281 g/mol. The number of hydrogen-bond acceptors (Lipinski definition) is 2. The summed E-state index contributed by atoms with van der Waals surface area (Å²) in [6.45, 7) is 5.94. The third kappa shape index (κ3) is 6.61. The summed E-state index contributed by atoms with van der Waals surface area (Å²) in [6, 6.07) is -0.428. The molecule has 0 radical (unpaired) electrons. The van der Waals surface area contributed by atoms with Crippen molar-refractivity contribution in [3.8, 4) is 0 Å². The van der Waals surface area contributed by atoms with E-state index in [1.54, 1.807) is 0 Å². The molecule has 0 aromatic heterocycles. The van der Waals surface area contributed by atoms with Crippen LogP contribution in [-0.2, 0) is 4.74 Å². The summed E-state index contributed by atoms with van der Waals surface area (Å²) in [5.74, 6) is -0.585. The normalized spacial score (nSPS) is 24.9. The number of halogens is 3. The van der Waals surface area contributed by atoms with Gasteiger partial charge in [-0.1, -0.05) is 26.7 Å². The molecule has 19 heavy (non-hydrogen) atoms. The van der Waals surface area contributed by atoms with E-state index in [1.807, 2.05) is 0 Å². The van der Waals surface area contributed by atoms with Gasteiger partial charge in [0.25, 0.3) is 0 Å². The van der Waals surface area contributed by atoms with Crippen LogP contribution >= 0.6 is 0 Å². The maximum Gasteiger partial charge on any atom is 0.393 e. The number of hydrogen-bond donors (Lipinski definition) is 1. The van der Waals surface area contributed by atoms with Gasteiger partial charge in [-0.25, -0.2) is 0 Å². The van der Waals surface area contributed by atoms with Gasteiger partial charge in [0.1, 0.15) is 0 Å². The summed E-state index contributed by atoms with van der Waals surface area (Å²) in [4.78, 5) is 0. The SMILES string of the molecule is CC(C)CCOCCNC1CCCCC1C(F)(F)F. The van der Waals surface area contributed by atoms with E-state index in [4.69, 9.17) is 4.74 Å². The zero-order valence-corrected chi connectivity index (χ0v) is 11.9. The van der Waals surface area contributed by atoms with E-state index in [0.29, 0.717) is 38.5 Å². The van der Waals surface area contributed by atoms with Gasteiger partial charge in [-0.05, 0) is 25.2 Å². The van der Waals surface area contributed by atoms with Gasteiger partial charge < -0.3 is 10.1 Å². The lowest BCUT2D eigenvalue weighted by molar-refractivity contribution is -0.189. The van der Waals surface area contributed by atoms with Crippen LogP contribution in [0.15, 0.2) is 0 Å². The molecule has 1 aliphatic rings. The second kappa shape index (κ2) is 8.10. The number of rotatable bonds is 7. The first-order valence-corrected chi connectivity index (χ1v) is 7.29. The highest BCUT2D eigenvalue weighted by atomic mass is 19.4. The molecule has 5 heteroatoms. The maximum absolute atomic E-state index is 12.8. The average Bonchev–Trinajstić information content (AvgIpc) is 2.32. The first-order valence-electron chi connectivity index (χ1n) is 7.29. The van der Waals surface area contributed by atoms with E-state index >= 15 is 0 Å². The Morgan fingerprint density at radius 2 is 1.84 bits per heavy atom. The van der Waals surface area contributed by atoms with E-state index in [2.05, 4.69) is 19.2 Å². The lowest BCUT2D eigenvalue weighted by atomic mass is 9.84. The largest absolute Gasteiger partial charge is 0.393 e. The van der Waals surface area contributed by atoms with Crippen molar-refractivity contribution in [3.63, 3.8) is 0 Å². The smallest absolute Gasteiger partial charge is 0.380 e. The van der Waals surface area contributed by atoms with Crippen LogP contribution < -0.4 is 5.32 Å². The first-order chi connectivity index (χ1) is 8.91. The van der Waals surface area contributed by atoms with E-state index in [-0.39, 0.29) is 6.42 Å². The first kappa shape index (κ1) is 16.8. The van der Waals surface area contributed by atoms with Crippen LogP contribution in [0.1, 0.15) is 46.0 Å². The van der Waals surface area contributed by atoms with Crippen molar-refractivity contribution in [2.24, 2.45) is 11.8 Å². The van der Waals surface area contributed by atoms with Crippen LogP contribution in [0.2, 0.25) is 0 Å². The van der Waals surface area contributed by atoms with Crippen molar-refractivity contribution in [3.05, 3.63) is 0 Å². The van der Waals surface area contributed by atoms with Gasteiger partial charge in [-0.15, -0.1) is 0 Å². The molecule has 0 aliphatic heterocycles. The minimum absolute atomic E-state index is 0.259. The third-order valence-corrected chi connectivity index (χ3v) is 3.68. The van der Waals surface area contributed by atoms with E-state index in [9.17, 15) is 13.2 Å². The van der Waals surface area contributed by atoms with Gasteiger partial charge >= 0.3 is 6.18 Å². The van der Waals surface area contributed by atoms with Crippen molar-refractivity contribution in [1.82, 2.24) is 5.32 Å². The van der Waals surface area contributed by atoms with E-state index in [1.165, 1.54) is 0 Å². The Balaban J connectivity index is 2.19. The monoisotopic (exact) mass is 281 g/mol. The molecule has 1 fully saturated rings. The van der Waals surface area contributed by atoms with Crippen LogP contribution in [0.25, 0.3) is 0 Å². The number of alkyl halides is 3. The summed E-state index contributed by atoms with van der Waals surface area (Å²) >= 11 is 0. The molecule has 1 rings (SSSR count). The Morgan fingerprint density at radius 3 is 2.47 bits per heavy atom. The Morgan fingerprint density at radius 1 is 1.16 bits per heavy atom. The van der Waals surface area contributed by atoms with Crippen LogP contribution in [0.4, 0.5) is 13.2 Å². The van der Waals surface area contributed by atoms with Gasteiger partial charge in [-0.2, -0.15) is 13.2 Å². The van der Waals surface area contributed by atoms with Crippen LogP contribution in [-0.4, -0.2) is 32.0 Å². The summed E-state index contributed by atoms with van der Waals surface area (Å²) in [7, 11) is 0. The van der Waals surface area contributed by atoms with E-state index < -0.39 is 18.1 Å². The van der Waals surface area contributed by atoms with Gasteiger partial charge in [0.15, 0.2) is 0 Å². The Bertz CT molecular complexity index is 243. The van der Waals surface area contributed by atoms with Gasteiger partial charge in [0.05, 0.1) is 12.5 Å². The molecule has 2 unspecified atom stereocenters. The maximum atomic E-state index is 12.8. The fourth-order valence-electron chi connectivity index (χ4n) is 2.50. The molecule has 114 valence electrons. The predicted octanol–water partition coefficient (Wildman–Crippen LogP) is 3.76. The Kier molecular flexibility index (Phi) is 7.15. The second-order valence-electron chi connectivity index (χ2n) is 5.79. The van der Waals surface area contributed by atoms with Crippen molar-refractivity contribution in [1.29, 1.82) is 0 Å². The molecular formula is C14H26F3NO. The Labute approximate surface area is 114 Å². The standard InChI is InChI=1S/C14H26F3NO/c1-11(2)7-9-19-10-8-18-13-6-4-3-5-12(13)14(15,16)17/h11-13,18H,3-10H2,1-2H3. The van der Waals surface area contributed by atoms with Crippen LogP contribution in [0.3, 0.4) is 0 Å². The number of nitrogens with one attached hydrogen (secondary N) is 1. The number of ether oxygens (including phenoxy) is 1. The molecule has 0 aromatic rings. The molecule has 1 saturated carbocycles. The predicted molar refractivity (Wildman–Crippen MR) is 70.1 cm³/mol. The molecule has 2 atom stereocenters. The zero-order valence-electron chi connectivity index (χ0n) is 11.9. The summed E-state index contributed by atoms with van der Waals surface area (Å²) < 4.78 is 43.9. The van der Waals surface area contributed by atoms with Gasteiger partial charge in [0, 0.05) is 19.2 Å². The fraction of sp³-hybridized carbons (Fsp3) is 1.00. The molecule has 1 N–H and O–H groups in total.